The third-order valence-electron chi connectivity index (χ3n) is 9.88. The lowest BCUT2D eigenvalue weighted by atomic mass is 9.89. The van der Waals surface area contributed by atoms with E-state index in [2.05, 4.69) is 4.72 Å². The van der Waals surface area contributed by atoms with Crippen LogP contribution in [0.3, 0.4) is 0 Å². The first kappa shape index (κ1) is 42.3. The lowest BCUT2D eigenvalue weighted by molar-refractivity contribution is -0.183. The van der Waals surface area contributed by atoms with Gasteiger partial charge in [-0.3, -0.25) is 18.6 Å². The molecule has 2 saturated carbocycles. The van der Waals surface area contributed by atoms with Gasteiger partial charge in [-0.25, -0.2) is 25.6 Å². The van der Waals surface area contributed by atoms with Crippen molar-refractivity contribution >= 4 is 66.5 Å². The quantitative estimate of drug-likeness (QED) is 0.129. The highest BCUT2D eigenvalue weighted by Gasteiger charge is 2.49. The number of nitrogens with one attached hydrogen (secondary N) is 1. The molecule has 1 amide bonds. The van der Waals surface area contributed by atoms with Crippen LogP contribution in [-0.2, 0) is 34.4 Å². The second-order valence-corrected chi connectivity index (χ2v) is 19.0. The van der Waals surface area contributed by atoms with Crippen LogP contribution in [0, 0.1) is 11.6 Å². The second-order valence-electron chi connectivity index (χ2n) is 14.1. The molecule has 1 aliphatic heterocycles. The highest BCUT2D eigenvalue weighted by Crippen LogP contribution is 2.45. The number of ether oxygens (including phenoxy) is 1. The number of benzene rings is 4. The van der Waals surface area contributed by atoms with Gasteiger partial charge < -0.3 is 14.7 Å². The van der Waals surface area contributed by atoms with E-state index in [-0.39, 0.29) is 29.6 Å². The van der Waals surface area contributed by atoms with Gasteiger partial charge in [-0.05, 0) is 91.8 Å². The molecule has 0 bridgehead atoms. The molecule has 11 nitrogen and oxygen atoms in total. The number of sulfonamides is 2. The summed E-state index contributed by atoms with van der Waals surface area (Å²) in [5.74, 6) is -3.09. The summed E-state index contributed by atoms with van der Waals surface area (Å²) in [5.41, 5.74) is 1.16. The molecule has 3 aliphatic rings. The van der Waals surface area contributed by atoms with Crippen molar-refractivity contribution in [1.29, 1.82) is 0 Å². The number of hydrogen-bond acceptors (Lipinski definition) is 7. The lowest BCUT2D eigenvalue weighted by Crippen LogP contribution is -2.58. The number of aliphatic carboxylic acids is 1. The Bertz CT molecular complexity index is 2310. The number of nitrogens with zero attached hydrogens (tertiary/aromatic N) is 2. The SMILES string of the molecule is CCC(CN(c1ccccc1F)S(=O)(=O)C1CC1)N1C(=O)[C@@H](CC(=O)O)O[C@H](c2cccc(Cl)c2)[C@H]1c1ccc(Cl)cc1.O=S(=O)(Nc1ccccc1F)C1CC1. The highest BCUT2D eigenvalue weighted by molar-refractivity contribution is 7.93. The first-order chi connectivity index (χ1) is 27.1. The standard InChI is InChI=1S/C31H31Cl2FN2O6S.C9H10FNO2S/c1-2-23(18-35(43(40,41)24-14-15-24)26-9-4-3-8-25(26)34)36-29(19-10-12-21(32)13-11-19)30(20-6-5-7-22(33)16-20)42-27(31(36)39)17-28(37)38;10-8-3-1-2-4-9(8)11-14(12,13)7-5-6-7/h3-13,16,23-24,27,29-30H,2,14-15,17-18H2,1H3,(H,37,38);1-4,7,11H,5-6H2/t23?,27-,29-,30-;/m1./s1. The summed E-state index contributed by atoms with van der Waals surface area (Å²) in [6.07, 6.45) is -0.278. The van der Waals surface area contributed by atoms with Gasteiger partial charge in [-0.2, -0.15) is 0 Å². The number of hydrogen-bond donors (Lipinski definition) is 2. The third kappa shape index (κ3) is 10.1. The number of para-hydroxylation sites is 2. The molecule has 7 rings (SSSR count). The molecule has 4 aromatic carbocycles. The molecular weight excluding hydrogens is 823 g/mol. The maximum absolute atomic E-state index is 15.1. The van der Waals surface area contributed by atoms with Gasteiger partial charge in [0.05, 0.1) is 46.9 Å². The minimum absolute atomic E-state index is 0.0272. The number of carbonyl (C=O) groups is 2. The molecule has 2 aliphatic carbocycles. The second kappa shape index (κ2) is 17.7. The molecule has 304 valence electrons. The van der Waals surface area contributed by atoms with Crippen LogP contribution < -0.4 is 9.03 Å². The van der Waals surface area contributed by atoms with E-state index in [1.165, 1.54) is 41.3 Å². The zero-order chi connectivity index (χ0) is 41.1. The van der Waals surface area contributed by atoms with Gasteiger partial charge in [-0.15, -0.1) is 0 Å². The zero-order valence-electron chi connectivity index (χ0n) is 30.7. The van der Waals surface area contributed by atoms with E-state index in [9.17, 15) is 35.9 Å². The zero-order valence-corrected chi connectivity index (χ0v) is 33.8. The van der Waals surface area contributed by atoms with Crippen molar-refractivity contribution < 1.29 is 45.0 Å². The summed E-state index contributed by atoms with van der Waals surface area (Å²) >= 11 is 12.5. The summed E-state index contributed by atoms with van der Waals surface area (Å²) in [5, 5.41) is 9.58. The number of carboxylic acids is 1. The molecular formula is C40H41Cl2F2N3O8S2. The predicted octanol–water partition coefficient (Wildman–Crippen LogP) is 8.12. The Morgan fingerprint density at radius 1 is 0.860 bits per heavy atom. The van der Waals surface area contributed by atoms with E-state index in [0.717, 1.165) is 4.31 Å². The number of rotatable bonds is 14. The van der Waals surface area contributed by atoms with Crippen LogP contribution in [0.25, 0.3) is 0 Å². The van der Waals surface area contributed by atoms with E-state index in [4.69, 9.17) is 27.9 Å². The molecule has 0 aromatic heterocycles. The Morgan fingerprint density at radius 3 is 2.07 bits per heavy atom. The van der Waals surface area contributed by atoms with E-state index >= 15 is 4.39 Å². The average molecular weight is 865 g/mol. The van der Waals surface area contributed by atoms with Crippen molar-refractivity contribution in [2.75, 3.05) is 15.6 Å². The van der Waals surface area contributed by atoms with Gasteiger partial charge in [0.1, 0.15) is 23.8 Å². The van der Waals surface area contributed by atoms with E-state index in [0.29, 0.717) is 46.9 Å². The fourth-order valence-electron chi connectivity index (χ4n) is 6.70. The Kier molecular flexibility index (Phi) is 13.1. The van der Waals surface area contributed by atoms with Crippen molar-refractivity contribution in [2.24, 2.45) is 0 Å². The number of anilines is 2. The molecule has 1 unspecified atom stereocenters. The fourth-order valence-corrected chi connectivity index (χ4v) is 10.3. The van der Waals surface area contributed by atoms with Gasteiger partial charge in [0.2, 0.25) is 20.0 Å². The molecule has 2 N–H and O–H groups in total. The molecule has 1 heterocycles. The van der Waals surface area contributed by atoms with Gasteiger partial charge >= 0.3 is 5.97 Å². The van der Waals surface area contributed by atoms with Crippen molar-refractivity contribution in [2.45, 2.75) is 80.2 Å². The fraction of sp³-hybridized carbons (Fsp3) is 0.350. The summed E-state index contributed by atoms with van der Waals surface area (Å²) in [7, 11) is -7.31. The number of carboxylic acid groups (broad SMARTS) is 1. The highest BCUT2D eigenvalue weighted by atomic mass is 35.5. The Hall–Kier alpha value is -4.28. The smallest absolute Gasteiger partial charge is 0.306 e. The van der Waals surface area contributed by atoms with E-state index in [1.54, 1.807) is 67.6 Å². The molecule has 4 aromatic rings. The van der Waals surface area contributed by atoms with Crippen LogP contribution in [-0.4, -0.2) is 67.9 Å². The van der Waals surface area contributed by atoms with Gasteiger partial charge in [0.15, 0.2) is 0 Å². The molecule has 0 radical (unpaired) electrons. The van der Waals surface area contributed by atoms with Crippen molar-refractivity contribution in [3.8, 4) is 0 Å². The summed E-state index contributed by atoms with van der Waals surface area (Å²) in [4.78, 5) is 27.5. The summed E-state index contributed by atoms with van der Waals surface area (Å²) in [6.45, 7) is 1.56. The molecule has 1 saturated heterocycles. The number of amides is 1. The normalized spacial score (nSPS) is 20.3. The third-order valence-corrected chi connectivity index (χ3v) is 14.5. The molecule has 17 heteroatoms. The lowest BCUT2D eigenvalue weighted by Gasteiger charge is -2.48. The minimum atomic E-state index is -3.96. The topological polar surface area (TPSA) is 150 Å². The van der Waals surface area contributed by atoms with Crippen LogP contribution in [0.4, 0.5) is 20.2 Å². The van der Waals surface area contributed by atoms with Crippen molar-refractivity contribution in [3.63, 3.8) is 0 Å². The average Bonchev–Trinajstić information content (AvgIpc) is 4.08. The Morgan fingerprint density at radius 2 is 1.49 bits per heavy atom. The molecule has 57 heavy (non-hydrogen) atoms. The van der Waals surface area contributed by atoms with Crippen LogP contribution in [0.1, 0.15) is 68.7 Å². The summed E-state index contributed by atoms with van der Waals surface area (Å²) < 4.78 is 88.1. The van der Waals surface area contributed by atoms with Crippen LogP contribution >= 0.6 is 23.2 Å². The Balaban J connectivity index is 0.000000328. The number of carbonyl (C=O) groups excluding carboxylic acids is 1. The van der Waals surface area contributed by atoms with Gasteiger partial charge in [-0.1, -0.05) is 78.7 Å². The molecule has 3 fully saturated rings. The van der Waals surface area contributed by atoms with Crippen molar-refractivity contribution in [3.05, 3.63) is 130 Å². The molecule has 0 spiro atoms. The van der Waals surface area contributed by atoms with Crippen LogP contribution in [0.2, 0.25) is 10.0 Å². The van der Waals surface area contributed by atoms with Crippen molar-refractivity contribution in [1.82, 2.24) is 4.90 Å². The summed E-state index contributed by atoms with van der Waals surface area (Å²) in [6, 6.07) is 23.5. The largest absolute Gasteiger partial charge is 0.481 e. The van der Waals surface area contributed by atoms with Gasteiger partial charge in [0.25, 0.3) is 5.91 Å². The maximum atomic E-state index is 15.1. The van der Waals surface area contributed by atoms with Gasteiger partial charge in [0, 0.05) is 10.0 Å². The monoisotopic (exact) mass is 863 g/mol. The number of morpholine rings is 1. The number of halogens is 4. The molecule has 4 atom stereocenters. The van der Waals surface area contributed by atoms with E-state index in [1.807, 2.05) is 0 Å². The first-order valence-electron chi connectivity index (χ1n) is 18.3. The first-order valence-corrected chi connectivity index (χ1v) is 22.1. The van der Waals surface area contributed by atoms with Crippen LogP contribution in [0.5, 0.6) is 0 Å². The van der Waals surface area contributed by atoms with Crippen LogP contribution in [0.15, 0.2) is 97.1 Å². The maximum Gasteiger partial charge on any atom is 0.306 e. The predicted molar refractivity (Wildman–Crippen MR) is 214 cm³/mol. The van der Waals surface area contributed by atoms with E-state index < -0.39 is 79.5 Å². The Labute approximate surface area is 340 Å². The minimum Gasteiger partial charge on any atom is -0.481 e.